The molecule has 0 fully saturated rings. The molecule has 4 heteroatoms. The molecule has 0 saturated carbocycles. The number of rotatable bonds is 2. The summed E-state index contributed by atoms with van der Waals surface area (Å²) in [6.07, 6.45) is 3.52. The van der Waals surface area contributed by atoms with E-state index in [1.807, 2.05) is 12.1 Å². The molecule has 0 radical (unpaired) electrons. The van der Waals surface area contributed by atoms with Gasteiger partial charge in [0.15, 0.2) is 5.69 Å². The Kier molecular flexibility index (Phi) is 3.94. The zero-order valence-electron chi connectivity index (χ0n) is 12.6. The Morgan fingerprint density at radius 1 is 1.30 bits per heavy atom. The van der Waals surface area contributed by atoms with Crippen molar-refractivity contribution in [2.24, 2.45) is 0 Å². The van der Waals surface area contributed by atoms with Crippen LogP contribution in [0, 0.1) is 12.4 Å². The van der Waals surface area contributed by atoms with Gasteiger partial charge >= 0.3 is 5.97 Å². The van der Waals surface area contributed by atoms with Crippen molar-refractivity contribution in [1.82, 2.24) is 0 Å². The first-order valence-electron chi connectivity index (χ1n) is 7.24. The maximum Gasteiger partial charge on any atom is 0.337 e. The van der Waals surface area contributed by atoms with Crippen LogP contribution in [0.25, 0.3) is 10.4 Å². The van der Waals surface area contributed by atoms with E-state index in [1.165, 1.54) is 19.2 Å². The van der Waals surface area contributed by atoms with Crippen LogP contribution in [0.3, 0.4) is 0 Å². The molecule has 0 bridgehead atoms. The highest BCUT2D eigenvalue weighted by Gasteiger charge is 2.21. The molecule has 0 atom stereocenters. The summed E-state index contributed by atoms with van der Waals surface area (Å²) in [6.45, 7) is 7.28. The van der Waals surface area contributed by atoms with Crippen LogP contribution in [0.4, 0.5) is 10.1 Å². The molecule has 0 saturated heterocycles. The molecule has 23 heavy (non-hydrogen) atoms. The average molecular weight is 307 g/mol. The number of carbonyl (C=O) groups is 1. The molecule has 0 unspecified atom stereocenters. The van der Waals surface area contributed by atoms with Gasteiger partial charge in [0, 0.05) is 5.56 Å². The average Bonchev–Trinajstić information content (AvgIpc) is 2.60. The van der Waals surface area contributed by atoms with Crippen LogP contribution in [-0.2, 0) is 11.2 Å². The fourth-order valence-electron chi connectivity index (χ4n) is 2.88. The lowest BCUT2D eigenvalue weighted by molar-refractivity contribution is 0.0600. The van der Waals surface area contributed by atoms with Crippen molar-refractivity contribution in [3.8, 4) is 0 Å². The van der Waals surface area contributed by atoms with Gasteiger partial charge in [-0.15, -0.1) is 0 Å². The standard InChI is InChI=1S/C19H14FNO2/c1-21-17-8-4-7-16(20)18(17)14-6-3-5-12-9-10-13(11-15(12)14)19(22)23-2/h4,6-11H,3,5H2,2H3. The van der Waals surface area contributed by atoms with Crippen LogP contribution in [-0.4, -0.2) is 13.1 Å². The Morgan fingerprint density at radius 3 is 2.87 bits per heavy atom. The van der Waals surface area contributed by atoms with Crippen LogP contribution < -0.4 is 0 Å². The number of fused-ring (bicyclic) bond motifs is 1. The first-order valence-corrected chi connectivity index (χ1v) is 7.24. The number of nitrogens with zero attached hydrogens (tertiary/aromatic N) is 1. The summed E-state index contributed by atoms with van der Waals surface area (Å²) in [4.78, 5) is 15.2. The Bertz CT molecular complexity index is 862. The van der Waals surface area contributed by atoms with Crippen LogP contribution >= 0.6 is 0 Å². The van der Waals surface area contributed by atoms with Gasteiger partial charge in [0.2, 0.25) is 0 Å². The van der Waals surface area contributed by atoms with Gasteiger partial charge in [-0.2, -0.15) is 0 Å². The summed E-state index contributed by atoms with van der Waals surface area (Å²) in [5.41, 5.74) is 3.47. The minimum Gasteiger partial charge on any atom is -0.465 e. The molecule has 0 heterocycles. The van der Waals surface area contributed by atoms with E-state index in [-0.39, 0.29) is 5.69 Å². The molecular formula is C19H14FNO2. The zero-order valence-corrected chi connectivity index (χ0v) is 12.6. The van der Waals surface area contributed by atoms with Crippen molar-refractivity contribution in [2.45, 2.75) is 12.8 Å². The van der Waals surface area contributed by atoms with Crippen molar-refractivity contribution >= 4 is 17.2 Å². The molecule has 0 aliphatic heterocycles. The Hall–Kier alpha value is -2.93. The summed E-state index contributed by atoms with van der Waals surface area (Å²) in [6, 6.07) is 9.78. The van der Waals surface area contributed by atoms with Crippen LogP contribution in [0.5, 0.6) is 0 Å². The molecule has 0 spiro atoms. The molecule has 3 nitrogen and oxygen atoms in total. The summed E-state index contributed by atoms with van der Waals surface area (Å²) in [5, 5.41) is 0. The van der Waals surface area contributed by atoms with Gasteiger partial charge in [0.05, 0.1) is 19.2 Å². The highest BCUT2D eigenvalue weighted by molar-refractivity contribution is 5.94. The SMILES string of the molecule is [C-]#[N+]c1cccc(F)c1C1=CCCc2ccc(C(=O)OC)cc21. The van der Waals surface area contributed by atoms with E-state index in [0.29, 0.717) is 16.7 Å². The van der Waals surface area contributed by atoms with Gasteiger partial charge in [0.25, 0.3) is 0 Å². The highest BCUT2D eigenvalue weighted by atomic mass is 19.1. The van der Waals surface area contributed by atoms with Gasteiger partial charge in [-0.3, -0.25) is 0 Å². The van der Waals surface area contributed by atoms with Gasteiger partial charge in [0.1, 0.15) is 5.82 Å². The number of ether oxygens (including phenoxy) is 1. The molecule has 0 N–H and O–H groups in total. The second-order valence-electron chi connectivity index (χ2n) is 5.27. The van der Waals surface area contributed by atoms with Crippen LogP contribution in [0.1, 0.15) is 33.5 Å². The minimum absolute atomic E-state index is 0.271. The number of benzene rings is 2. The number of methoxy groups -OCH3 is 1. The van der Waals surface area contributed by atoms with Crippen LogP contribution in [0.2, 0.25) is 0 Å². The van der Waals surface area contributed by atoms with E-state index in [9.17, 15) is 9.18 Å². The third-order valence-electron chi connectivity index (χ3n) is 3.96. The van der Waals surface area contributed by atoms with E-state index in [2.05, 4.69) is 4.85 Å². The van der Waals surface area contributed by atoms with E-state index in [1.54, 1.807) is 18.2 Å². The van der Waals surface area contributed by atoms with Gasteiger partial charge in [-0.1, -0.05) is 24.3 Å². The van der Waals surface area contributed by atoms with Crippen molar-refractivity contribution < 1.29 is 13.9 Å². The number of halogens is 1. The number of hydrogen-bond acceptors (Lipinski definition) is 2. The fourth-order valence-corrected chi connectivity index (χ4v) is 2.88. The lowest BCUT2D eigenvalue weighted by Crippen LogP contribution is -2.07. The topological polar surface area (TPSA) is 30.7 Å². The Balaban J connectivity index is 2.20. The fraction of sp³-hybridized carbons (Fsp3) is 0.158. The third kappa shape index (κ3) is 2.62. The Morgan fingerprint density at radius 2 is 2.13 bits per heavy atom. The molecule has 0 aromatic heterocycles. The molecule has 3 rings (SSSR count). The first-order chi connectivity index (χ1) is 11.2. The maximum absolute atomic E-state index is 14.4. The lowest BCUT2D eigenvalue weighted by Gasteiger charge is -2.20. The molecule has 0 amide bonds. The number of aryl methyl sites for hydroxylation is 1. The predicted octanol–water partition coefficient (Wildman–Crippen LogP) is 4.54. The summed E-state index contributed by atoms with van der Waals surface area (Å²) in [7, 11) is 1.33. The second-order valence-corrected chi connectivity index (χ2v) is 5.27. The molecule has 2 aromatic rings. The second kappa shape index (κ2) is 6.05. The van der Waals surface area contributed by atoms with E-state index >= 15 is 0 Å². The van der Waals surface area contributed by atoms with E-state index < -0.39 is 11.8 Å². The molecule has 1 aliphatic rings. The van der Waals surface area contributed by atoms with Crippen molar-refractivity contribution in [3.05, 3.63) is 82.0 Å². The van der Waals surface area contributed by atoms with Gasteiger partial charge in [-0.25, -0.2) is 14.0 Å². The highest BCUT2D eigenvalue weighted by Crippen LogP contribution is 2.38. The van der Waals surface area contributed by atoms with E-state index in [0.717, 1.165) is 24.0 Å². The Labute approximate surface area is 133 Å². The smallest absolute Gasteiger partial charge is 0.337 e. The maximum atomic E-state index is 14.4. The summed E-state index contributed by atoms with van der Waals surface area (Å²) in [5.74, 6) is -0.863. The molecular weight excluding hydrogens is 293 g/mol. The molecule has 1 aliphatic carbocycles. The van der Waals surface area contributed by atoms with Crippen LogP contribution in [0.15, 0.2) is 42.5 Å². The number of carbonyl (C=O) groups excluding carboxylic acids is 1. The number of allylic oxidation sites excluding steroid dienone is 1. The predicted molar refractivity (Wildman–Crippen MR) is 85.8 cm³/mol. The summed E-state index contributed by atoms with van der Waals surface area (Å²) < 4.78 is 19.1. The zero-order chi connectivity index (χ0) is 16.4. The summed E-state index contributed by atoms with van der Waals surface area (Å²) >= 11 is 0. The minimum atomic E-state index is -0.434. The van der Waals surface area contributed by atoms with Gasteiger partial charge in [-0.05, 0) is 47.7 Å². The normalized spacial score (nSPS) is 12.8. The van der Waals surface area contributed by atoms with Crippen molar-refractivity contribution in [2.75, 3.05) is 7.11 Å². The third-order valence-corrected chi connectivity index (χ3v) is 3.96. The first kappa shape index (κ1) is 15.0. The number of hydrogen-bond donors (Lipinski definition) is 0. The quantitative estimate of drug-likeness (QED) is 0.602. The van der Waals surface area contributed by atoms with Gasteiger partial charge < -0.3 is 4.74 Å². The number of esters is 1. The molecule has 2 aromatic carbocycles. The van der Waals surface area contributed by atoms with Crippen molar-refractivity contribution in [3.63, 3.8) is 0 Å². The van der Waals surface area contributed by atoms with E-state index in [4.69, 9.17) is 11.3 Å². The lowest BCUT2D eigenvalue weighted by atomic mass is 9.85. The monoisotopic (exact) mass is 307 g/mol. The largest absolute Gasteiger partial charge is 0.465 e. The molecule has 114 valence electrons. The van der Waals surface area contributed by atoms with Crippen molar-refractivity contribution in [1.29, 1.82) is 0 Å².